The van der Waals surface area contributed by atoms with Gasteiger partial charge in [0.25, 0.3) is 5.91 Å². The molecule has 0 aliphatic rings. The molecule has 1 aromatic carbocycles. The number of rotatable bonds is 5. The standard InChI is InChI=1S/C18H21N3OS/c1-12-8-9-16(14(3)13(12)2)11-20-21-18(22)15(4)23-17-7-5-6-10-19-17/h5-11,15H,1-4H3,(H,21,22)/b20-11-/t15-/m1/s1. The molecule has 1 atom stereocenters. The molecule has 2 aromatic rings. The third-order valence-corrected chi connectivity index (χ3v) is 4.83. The summed E-state index contributed by atoms with van der Waals surface area (Å²) in [4.78, 5) is 16.3. The zero-order chi connectivity index (χ0) is 16.8. The van der Waals surface area contributed by atoms with Crippen LogP contribution in [0, 0.1) is 20.8 Å². The molecule has 0 saturated heterocycles. The Hall–Kier alpha value is -2.14. The van der Waals surface area contributed by atoms with E-state index < -0.39 is 0 Å². The van der Waals surface area contributed by atoms with E-state index in [0.29, 0.717) is 0 Å². The summed E-state index contributed by atoms with van der Waals surface area (Å²) in [6.07, 6.45) is 3.41. The number of nitrogens with one attached hydrogen (secondary N) is 1. The van der Waals surface area contributed by atoms with Gasteiger partial charge in [0.05, 0.1) is 16.5 Å². The van der Waals surface area contributed by atoms with Crippen molar-refractivity contribution in [3.63, 3.8) is 0 Å². The summed E-state index contributed by atoms with van der Waals surface area (Å²) in [6, 6.07) is 9.71. The summed E-state index contributed by atoms with van der Waals surface area (Å²) < 4.78 is 0. The van der Waals surface area contributed by atoms with Gasteiger partial charge in [-0.1, -0.05) is 30.0 Å². The SMILES string of the molecule is Cc1ccc(/C=N\NC(=O)[C@@H](C)Sc2ccccn2)c(C)c1C. The molecule has 0 aliphatic heterocycles. The number of pyridine rings is 1. The van der Waals surface area contributed by atoms with Gasteiger partial charge in [0.15, 0.2) is 0 Å². The minimum atomic E-state index is -0.261. The van der Waals surface area contributed by atoms with Crippen LogP contribution in [-0.4, -0.2) is 22.4 Å². The van der Waals surface area contributed by atoms with Gasteiger partial charge in [-0.2, -0.15) is 5.10 Å². The molecule has 0 fully saturated rings. The molecule has 0 aliphatic carbocycles. The molecule has 5 heteroatoms. The van der Waals surface area contributed by atoms with Gasteiger partial charge < -0.3 is 0 Å². The Morgan fingerprint density at radius 1 is 1.22 bits per heavy atom. The second-order valence-electron chi connectivity index (χ2n) is 5.38. The third kappa shape index (κ3) is 4.66. The summed E-state index contributed by atoms with van der Waals surface area (Å²) >= 11 is 1.41. The molecule has 0 radical (unpaired) electrons. The van der Waals surface area contributed by atoms with E-state index in [1.54, 1.807) is 12.4 Å². The number of aromatic nitrogens is 1. The average Bonchev–Trinajstić information content (AvgIpc) is 2.55. The summed E-state index contributed by atoms with van der Waals surface area (Å²) in [5, 5.41) is 4.64. The number of hydrogen-bond donors (Lipinski definition) is 1. The van der Waals surface area contributed by atoms with E-state index in [4.69, 9.17) is 0 Å². The van der Waals surface area contributed by atoms with Crippen LogP contribution in [-0.2, 0) is 4.79 Å². The lowest BCUT2D eigenvalue weighted by atomic mass is 10.00. The first-order chi connectivity index (χ1) is 11.0. The van der Waals surface area contributed by atoms with Gasteiger partial charge >= 0.3 is 0 Å². The lowest BCUT2D eigenvalue weighted by molar-refractivity contribution is -0.120. The van der Waals surface area contributed by atoms with E-state index in [9.17, 15) is 4.79 Å². The zero-order valence-electron chi connectivity index (χ0n) is 13.8. The number of hydrazone groups is 1. The maximum Gasteiger partial charge on any atom is 0.253 e. The first kappa shape index (κ1) is 17.2. The fourth-order valence-electron chi connectivity index (χ4n) is 2.02. The molecule has 1 N–H and O–H groups in total. The lowest BCUT2D eigenvalue weighted by Gasteiger charge is -2.09. The third-order valence-electron chi connectivity index (χ3n) is 3.78. The average molecular weight is 327 g/mol. The second kappa shape index (κ2) is 7.92. The second-order valence-corrected chi connectivity index (χ2v) is 6.75. The maximum absolute atomic E-state index is 12.1. The minimum absolute atomic E-state index is 0.140. The number of amides is 1. The highest BCUT2D eigenvalue weighted by atomic mass is 32.2. The summed E-state index contributed by atoms with van der Waals surface area (Å²) in [6.45, 7) is 8.07. The maximum atomic E-state index is 12.1. The molecule has 0 saturated carbocycles. The smallest absolute Gasteiger partial charge is 0.253 e. The van der Waals surface area contributed by atoms with Crippen molar-refractivity contribution < 1.29 is 4.79 Å². The zero-order valence-corrected chi connectivity index (χ0v) is 14.6. The van der Waals surface area contributed by atoms with Gasteiger partial charge in [-0.05, 0) is 62.1 Å². The molecule has 2 rings (SSSR count). The van der Waals surface area contributed by atoms with Crippen molar-refractivity contribution in [3.8, 4) is 0 Å². The van der Waals surface area contributed by atoms with Crippen LogP contribution >= 0.6 is 11.8 Å². The molecule has 0 unspecified atom stereocenters. The molecule has 23 heavy (non-hydrogen) atoms. The Morgan fingerprint density at radius 2 is 2.00 bits per heavy atom. The highest BCUT2D eigenvalue weighted by Crippen LogP contribution is 2.20. The van der Waals surface area contributed by atoms with E-state index in [0.717, 1.165) is 10.6 Å². The van der Waals surface area contributed by atoms with Crippen LogP contribution in [0.1, 0.15) is 29.2 Å². The number of thioether (sulfide) groups is 1. The van der Waals surface area contributed by atoms with Crippen LogP contribution < -0.4 is 5.43 Å². The van der Waals surface area contributed by atoms with E-state index >= 15 is 0 Å². The van der Waals surface area contributed by atoms with E-state index in [-0.39, 0.29) is 11.2 Å². The van der Waals surface area contributed by atoms with Crippen LogP contribution in [0.5, 0.6) is 0 Å². The number of nitrogens with zero attached hydrogens (tertiary/aromatic N) is 2. The fourth-order valence-corrected chi connectivity index (χ4v) is 2.83. The van der Waals surface area contributed by atoms with Crippen molar-refractivity contribution in [1.82, 2.24) is 10.4 Å². The summed E-state index contributed by atoms with van der Waals surface area (Å²) in [5.74, 6) is -0.140. The number of benzene rings is 1. The van der Waals surface area contributed by atoms with Crippen LogP contribution in [0.2, 0.25) is 0 Å². The Kier molecular flexibility index (Phi) is 5.93. The number of carbonyl (C=O) groups is 1. The van der Waals surface area contributed by atoms with Crippen molar-refractivity contribution in [2.24, 2.45) is 5.10 Å². The van der Waals surface area contributed by atoms with Crippen LogP contribution in [0.25, 0.3) is 0 Å². The Balaban J connectivity index is 1.95. The Morgan fingerprint density at radius 3 is 2.70 bits per heavy atom. The van der Waals surface area contributed by atoms with Crippen molar-refractivity contribution in [3.05, 3.63) is 58.8 Å². The predicted molar refractivity (Wildman–Crippen MR) is 95.9 cm³/mol. The normalized spacial score (nSPS) is 12.3. The topological polar surface area (TPSA) is 54.4 Å². The lowest BCUT2D eigenvalue weighted by Crippen LogP contribution is -2.26. The molecule has 0 bridgehead atoms. The summed E-state index contributed by atoms with van der Waals surface area (Å²) in [5.41, 5.74) is 7.29. The monoisotopic (exact) mass is 327 g/mol. The van der Waals surface area contributed by atoms with E-state index in [1.807, 2.05) is 31.2 Å². The fraction of sp³-hybridized carbons (Fsp3) is 0.278. The molecule has 1 aromatic heterocycles. The molecule has 0 spiro atoms. The first-order valence-electron chi connectivity index (χ1n) is 7.46. The van der Waals surface area contributed by atoms with Gasteiger partial charge in [-0.3, -0.25) is 4.79 Å². The molecule has 1 amide bonds. The number of aryl methyl sites for hydroxylation is 1. The van der Waals surface area contributed by atoms with Crippen LogP contribution in [0.4, 0.5) is 0 Å². The van der Waals surface area contributed by atoms with Crippen molar-refractivity contribution in [1.29, 1.82) is 0 Å². The summed E-state index contributed by atoms with van der Waals surface area (Å²) in [7, 11) is 0. The van der Waals surface area contributed by atoms with Gasteiger partial charge in [-0.25, -0.2) is 10.4 Å². The largest absolute Gasteiger partial charge is 0.272 e. The van der Waals surface area contributed by atoms with Gasteiger partial charge in [-0.15, -0.1) is 0 Å². The van der Waals surface area contributed by atoms with Gasteiger partial charge in [0, 0.05) is 6.20 Å². The van der Waals surface area contributed by atoms with Crippen molar-refractivity contribution >= 4 is 23.9 Å². The number of carbonyl (C=O) groups excluding carboxylic acids is 1. The van der Waals surface area contributed by atoms with Gasteiger partial charge in [0.1, 0.15) is 0 Å². The van der Waals surface area contributed by atoms with Crippen LogP contribution in [0.15, 0.2) is 46.7 Å². The highest BCUT2D eigenvalue weighted by Gasteiger charge is 2.14. The minimum Gasteiger partial charge on any atom is -0.272 e. The molecular weight excluding hydrogens is 306 g/mol. The number of hydrogen-bond acceptors (Lipinski definition) is 4. The molecule has 120 valence electrons. The van der Waals surface area contributed by atoms with Crippen molar-refractivity contribution in [2.45, 2.75) is 38.0 Å². The van der Waals surface area contributed by atoms with Crippen LogP contribution in [0.3, 0.4) is 0 Å². The predicted octanol–water partition coefficient (Wildman–Crippen LogP) is 3.64. The van der Waals surface area contributed by atoms with Crippen molar-refractivity contribution in [2.75, 3.05) is 0 Å². The highest BCUT2D eigenvalue weighted by molar-refractivity contribution is 8.00. The van der Waals surface area contributed by atoms with Gasteiger partial charge in [0.2, 0.25) is 0 Å². The Labute approximate surface area is 141 Å². The van der Waals surface area contributed by atoms with E-state index in [2.05, 4.69) is 42.3 Å². The molecule has 4 nitrogen and oxygen atoms in total. The Bertz CT molecular complexity index is 714. The first-order valence-corrected chi connectivity index (χ1v) is 8.34. The van der Waals surface area contributed by atoms with E-state index in [1.165, 1.54) is 28.5 Å². The molecular formula is C18H21N3OS. The quantitative estimate of drug-likeness (QED) is 0.518. The molecule has 1 heterocycles.